The van der Waals surface area contributed by atoms with E-state index in [0.29, 0.717) is 5.75 Å². The number of halogens is 1. The van der Waals surface area contributed by atoms with Crippen LogP contribution in [-0.4, -0.2) is 32.2 Å². The molecule has 18 heavy (non-hydrogen) atoms. The highest BCUT2D eigenvalue weighted by Crippen LogP contribution is 2.26. The van der Waals surface area contributed by atoms with Crippen molar-refractivity contribution >= 4 is 37.5 Å². The number of benzene rings is 1. The summed E-state index contributed by atoms with van der Waals surface area (Å²) < 4.78 is 23.1. The van der Waals surface area contributed by atoms with Crippen molar-refractivity contribution in [1.29, 1.82) is 0 Å². The van der Waals surface area contributed by atoms with Gasteiger partial charge in [-0.05, 0) is 31.0 Å². The van der Waals surface area contributed by atoms with Gasteiger partial charge in [-0.3, -0.25) is 0 Å². The van der Waals surface area contributed by atoms with Crippen molar-refractivity contribution in [3.05, 3.63) is 28.2 Å². The van der Waals surface area contributed by atoms with E-state index in [4.69, 9.17) is 5.73 Å². The van der Waals surface area contributed by atoms with E-state index in [1.807, 2.05) is 25.1 Å². The first kappa shape index (κ1) is 16.0. The van der Waals surface area contributed by atoms with Gasteiger partial charge in [0.15, 0.2) is 0 Å². The Labute approximate surface area is 122 Å². The van der Waals surface area contributed by atoms with Crippen LogP contribution in [0.3, 0.4) is 0 Å². The predicted molar refractivity (Wildman–Crippen MR) is 81.9 cm³/mol. The Bertz CT molecular complexity index is 501. The highest BCUT2D eigenvalue weighted by Gasteiger charge is 2.06. The smallest absolute Gasteiger partial charge is 0.148 e. The van der Waals surface area contributed by atoms with Crippen molar-refractivity contribution in [3.63, 3.8) is 0 Å². The minimum absolute atomic E-state index is 0.130. The molecular formula is C12H18BrNO2S2. The highest BCUT2D eigenvalue weighted by molar-refractivity contribution is 9.10. The van der Waals surface area contributed by atoms with Gasteiger partial charge < -0.3 is 5.73 Å². The maximum absolute atomic E-state index is 11.0. The van der Waals surface area contributed by atoms with E-state index < -0.39 is 9.84 Å². The fraction of sp³-hybridized carbons (Fsp3) is 0.500. The zero-order valence-corrected chi connectivity index (χ0v) is 13.7. The lowest BCUT2D eigenvalue weighted by molar-refractivity contribution is 0.603. The number of nitrogens with two attached hydrogens (primary N) is 1. The Balaban J connectivity index is 2.61. The van der Waals surface area contributed by atoms with Crippen molar-refractivity contribution in [1.82, 2.24) is 0 Å². The largest absolute Gasteiger partial charge is 0.328 e. The van der Waals surface area contributed by atoms with E-state index in [2.05, 4.69) is 15.9 Å². The highest BCUT2D eigenvalue weighted by atomic mass is 79.9. The number of rotatable bonds is 6. The van der Waals surface area contributed by atoms with Crippen LogP contribution in [0.25, 0.3) is 0 Å². The molecule has 0 heterocycles. The molecule has 0 spiro atoms. The van der Waals surface area contributed by atoms with Crippen LogP contribution in [0.4, 0.5) is 0 Å². The molecule has 0 bridgehead atoms. The summed E-state index contributed by atoms with van der Waals surface area (Å²) in [4.78, 5) is 1.07. The third kappa shape index (κ3) is 6.22. The Morgan fingerprint density at radius 2 is 2.11 bits per heavy atom. The van der Waals surface area contributed by atoms with E-state index in [0.717, 1.165) is 15.8 Å². The molecule has 1 aromatic carbocycles. The zero-order chi connectivity index (χ0) is 13.8. The van der Waals surface area contributed by atoms with Crippen molar-refractivity contribution in [2.24, 2.45) is 5.73 Å². The summed E-state index contributed by atoms with van der Waals surface area (Å²) >= 11 is 5.07. The van der Waals surface area contributed by atoms with Gasteiger partial charge in [-0.15, -0.1) is 11.8 Å². The molecule has 3 nitrogen and oxygen atoms in total. The molecule has 1 rings (SSSR count). The summed E-state index contributed by atoms with van der Waals surface area (Å²) in [5, 5.41) is 0. The molecule has 2 N–H and O–H groups in total. The Morgan fingerprint density at radius 1 is 1.44 bits per heavy atom. The van der Waals surface area contributed by atoms with Gasteiger partial charge in [0, 0.05) is 27.4 Å². The molecule has 102 valence electrons. The van der Waals surface area contributed by atoms with Gasteiger partial charge in [0.1, 0.15) is 9.84 Å². The molecule has 0 aliphatic heterocycles. The second-order valence-corrected chi connectivity index (χ2v) is 8.70. The van der Waals surface area contributed by atoms with Crippen molar-refractivity contribution in [3.8, 4) is 0 Å². The topological polar surface area (TPSA) is 60.2 Å². The van der Waals surface area contributed by atoms with E-state index in [1.165, 1.54) is 11.8 Å². The molecule has 0 aromatic heterocycles. The first-order valence-electron chi connectivity index (χ1n) is 5.62. The SMILES string of the molecule is CC(N)Cc1ccc(SCCS(C)(=O)=O)cc1Br. The standard InChI is InChI=1S/C12H18BrNO2S2/c1-9(14)7-10-3-4-11(8-12(10)13)17-5-6-18(2,15)16/h3-4,8-9H,5-7,14H2,1-2H3. The first-order valence-corrected chi connectivity index (χ1v) is 9.46. The average Bonchev–Trinajstić information content (AvgIpc) is 2.19. The van der Waals surface area contributed by atoms with Crippen LogP contribution in [0.5, 0.6) is 0 Å². The van der Waals surface area contributed by atoms with Crippen LogP contribution >= 0.6 is 27.7 Å². The van der Waals surface area contributed by atoms with Crippen molar-refractivity contribution in [2.75, 3.05) is 17.8 Å². The Morgan fingerprint density at radius 3 is 2.61 bits per heavy atom. The maximum atomic E-state index is 11.0. The van der Waals surface area contributed by atoms with E-state index in [1.54, 1.807) is 11.8 Å². The molecule has 0 radical (unpaired) electrons. The zero-order valence-electron chi connectivity index (χ0n) is 10.5. The lowest BCUT2D eigenvalue weighted by Gasteiger charge is -2.09. The third-order valence-electron chi connectivity index (χ3n) is 2.29. The molecule has 1 unspecified atom stereocenters. The van der Waals surface area contributed by atoms with Gasteiger partial charge in [0.05, 0.1) is 5.75 Å². The molecular weight excluding hydrogens is 334 g/mol. The van der Waals surface area contributed by atoms with E-state index in [-0.39, 0.29) is 11.8 Å². The van der Waals surface area contributed by atoms with E-state index in [9.17, 15) is 8.42 Å². The fourth-order valence-corrected chi connectivity index (χ4v) is 4.28. The lowest BCUT2D eigenvalue weighted by atomic mass is 10.1. The molecule has 0 saturated heterocycles. The third-order valence-corrected chi connectivity index (χ3v) is 5.23. The summed E-state index contributed by atoms with van der Waals surface area (Å²) in [6.07, 6.45) is 2.09. The van der Waals surface area contributed by atoms with Crippen LogP contribution in [0.1, 0.15) is 12.5 Å². The number of thioether (sulfide) groups is 1. The van der Waals surface area contributed by atoms with Crippen LogP contribution in [0, 0.1) is 0 Å². The second-order valence-electron chi connectivity index (χ2n) is 4.41. The lowest BCUT2D eigenvalue weighted by Crippen LogP contribution is -2.17. The second kappa shape index (κ2) is 6.93. The van der Waals surface area contributed by atoms with Crippen LogP contribution < -0.4 is 5.73 Å². The molecule has 1 atom stereocenters. The summed E-state index contributed by atoms with van der Waals surface area (Å²) in [5.41, 5.74) is 6.94. The summed E-state index contributed by atoms with van der Waals surface area (Å²) in [7, 11) is -2.88. The molecule has 0 aliphatic rings. The molecule has 6 heteroatoms. The monoisotopic (exact) mass is 351 g/mol. The summed E-state index contributed by atoms with van der Waals surface area (Å²) in [6.45, 7) is 1.97. The Hall–Kier alpha value is -0.0400. The number of hydrogen-bond acceptors (Lipinski definition) is 4. The minimum Gasteiger partial charge on any atom is -0.328 e. The van der Waals surface area contributed by atoms with E-state index >= 15 is 0 Å². The average molecular weight is 352 g/mol. The molecule has 0 amide bonds. The quantitative estimate of drug-likeness (QED) is 0.799. The number of sulfone groups is 1. The molecule has 0 fully saturated rings. The predicted octanol–water partition coefficient (Wildman–Crippen LogP) is 2.48. The Kier molecular flexibility index (Phi) is 6.17. The summed E-state index contributed by atoms with van der Waals surface area (Å²) in [5.74, 6) is 0.786. The summed E-state index contributed by atoms with van der Waals surface area (Å²) in [6, 6.07) is 6.20. The normalized spacial score (nSPS) is 13.6. The van der Waals surface area contributed by atoms with Gasteiger partial charge in [0.25, 0.3) is 0 Å². The van der Waals surface area contributed by atoms with Crippen molar-refractivity contribution < 1.29 is 8.42 Å². The number of hydrogen-bond donors (Lipinski definition) is 1. The molecule has 1 aromatic rings. The van der Waals surface area contributed by atoms with Crippen LogP contribution in [0.2, 0.25) is 0 Å². The first-order chi connectivity index (χ1) is 8.28. The van der Waals surface area contributed by atoms with Gasteiger partial charge in [-0.2, -0.15) is 0 Å². The molecule has 0 aliphatic carbocycles. The van der Waals surface area contributed by atoms with Crippen LogP contribution in [0.15, 0.2) is 27.6 Å². The fourth-order valence-electron chi connectivity index (χ4n) is 1.44. The van der Waals surface area contributed by atoms with Gasteiger partial charge in [-0.25, -0.2) is 8.42 Å². The van der Waals surface area contributed by atoms with Gasteiger partial charge >= 0.3 is 0 Å². The minimum atomic E-state index is -2.88. The molecule has 0 saturated carbocycles. The van der Waals surface area contributed by atoms with Crippen LogP contribution in [-0.2, 0) is 16.3 Å². The maximum Gasteiger partial charge on any atom is 0.148 e. The van der Waals surface area contributed by atoms with Crippen molar-refractivity contribution in [2.45, 2.75) is 24.3 Å². The van der Waals surface area contributed by atoms with Gasteiger partial charge in [-0.1, -0.05) is 22.0 Å². The van der Waals surface area contributed by atoms with Gasteiger partial charge in [0.2, 0.25) is 0 Å².